The van der Waals surface area contributed by atoms with Gasteiger partial charge in [0.05, 0.1) is 19.6 Å². The fourth-order valence-electron chi connectivity index (χ4n) is 1.91. The van der Waals surface area contributed by atoms with E-state index in [1.165, 1.54) is 0 Å². The highest BCUT2D eigenvalue weighted by atomic mass is 16.5. The molecular weight excluding hydrogens is 316 g/mol. The first kappa shape index (κ1) is 17.1. The lowest BCUT2D eigenvalue weighted by Crippen LogP contribution is -2.53. The summed E-state index contributed by atoms with van der Waals surface area (Å²) in [7, 11) is 0. The van der Waals surface area contributed by atoms with E-state index in [9.17, 15) is 19.2 Å². The van der Waals surface area contributed by atoms with Gasteiger partial charge in [0.15, 0.2) is 0 Å². The minimum atomic E-state index is -0.741. The zero-order valence-corrected chi connectivity index (χ0v) is 12.9. The molecule has 0 aromatic heterocycles. The zero-order valence-electron chi connectivity index (χ0n) is 12.9. The highest BCUT2D eigenvalue weighted by molar-refractivity contribution is 6.45. The van der Waals surface area contributed by atoms with Crippen LogP contribution in [0, 0.1) is 0 Å². The number of hydrogen-bond acceptors (Lipinski definition) is 5. The van der Waals surface area contributed by atoms with Crippen molar-refractivity contribution in [3.8, 4) is 0 Å². The first-order valence-electron chi connectivity index (χ1n) is 7.20. The van der Waals surface area contributed by atoms with E-state index < -0.39 is 18.0 Å². The van der Waals surface area contributed by atoms with Crippen molar-refractivity contribution in [2.45, 2.75) is 13.3 Å². The first-order valence-corrected chi connectivity index (χ1v) is 7.20. The number of hydrogen-bond donors (Lipinski definition) is 3. The largest absolute Gasteiger partial charge is 0.466 e. The molecule has 1 aromatic carbocycles. The minimum Gasteiger partial charge on any atom is -0.466 e. The molecule has 1 saturated heterocycles. The van der Waals surface area contributed by atoms with Crippen molar-refractivity contribution < 1.29 is 23.9 Å². The van der Waals surface area contributed by atoms with E-state index in [2.05, 4.69) is 15.6 Å². The van der Waals surface area contributed by atoms with Crippen LogP contribution in [-0.4, -0.2) is 42.8 Å². The molecule has 0 unspecified atom stereocenters. The second-order valence-corrected chi connectivity index (χ2v) is 4.80. The molecule has 0 atom stereocenters. The van der Waals surface area contributed by atoms with Gasteiger partial charge in [0, 0.05) is 5.69 Å². The van der Waals surface area contributed by atoms with Crippen LogP contribution in [0.2, 0.25) is 0 Å². The monoisotopic (exact) mass is 332 g/mol. The van der Waals surface area contributed by atoms with Gasteiger partial charge in [-0.2, -0.15) is 4.99 Å². The molecule has 24 heavy (non-hydrogen) atoms. The molecule has 1 aromatic rings. The van der Waals surface area contributed by atoms with Crippen molar-refractivity contribution in [3.63, 3.8) is 0 Å². The SMILES string of the molecule is CCOC(=O)Cc1ccc(NC(=O)N=C2CNC(=O)NC2=O)cc1. The number of rotatable bonds is 4. The zero-order chi connectivity index (χ0) is 17.5. The number of esters is 1. The molecule has 1 aliphatic heterocycles. The van der Waals surface area contributed by atoms with Crippen molar-refractivity contribution in [1.82, 2.24) is 10.6 Å². The van der Waals surface area contributed by atoms with Gasteiger partial charge in [-0.1, -0.05) is 12.1 Å². The minimum absolute atomic E-state index is 0.0916. The van der Waals surface area contributed by atoms with Gasteiger partial charge in [-0.15, -0.1) is 0 Å². The van der Waals surface area contributed by atoms with E-state index in [4.69, 9.17) is 4.74 Å². The standard InChI is InChI=1S/C15H16N4O5/c1-2-24-12(20)7-9-3-5-10(6-4-9)17-15(23)18-11-8-16-14(22)19-13(11)21/h3-6H,2,7-8H2,1H3,(H,17,23)(H2,16,19,21,22). The number of carbonyl (C=O) groups excluding carboxylic acids is 4. The van der Waals surface area contributed by atoms with Gasteiger partial charge in [-0.3, -0.25) is 14.9 Å². The molecule has 1 fully saturated rings. The van der Waals surface area contributed by atoms with Crippen LogP contribution in [0.4, 0.5) is 15.3 Å². The number of ether oxygens (including phenoxy) is 1. The summed E-state index contributed by atoms with van der Waals surface area (Å²) in [5.41, 5.74) is 1.11. The molecule has 2 rings (SSSR count). The van der Waals surface area contributed by atoms with Crippen molar-refractivity contribution in [2.24, 2.45) is 4.99 Å². The van der Waals surface area contributed by atoms with Gasteiger partial charge in [0.2, 0.25) is 0 Å². The summed E-state index contributed by atoms with van der Waals surface area (Å²) in [4.78, 5) is 49.2. The summed E-state index contributed by atoms with van der Waals surface area (Å²) in [6.45, 7) is 1.94. The predicted molar refractivity (Wildman–Crippen MR) is 84.8 cm³/mol. The molecule has 0 saturated carbocycles. The third kappa shape index (κ3) is 4.90. The molecule has 9 heteroatoms. The van der Waals surface area contributed by atoms with Crippen LogP contribution in [0.5, 0.6) is 0 Å². The summed E-state index contributed by atoms with van der Waals surface area (Å²) in [6.07, 6.45) is 0.143. The van der Waals surface area contributed by atoms with Crippen molar-refractivity contribution in [3.05, 3.63) is 29.8 Å². The maximum Gasteiger partial charge on any atom is 0.345 e. The summed E-state index contributed by atoms with van der Waals surface area (Å²) in [5.74, 6) is -1.04. The average molecular weight is 332 g/mol. The lowest BCUT2D eigenvalue weighted by Gasteiger charge is -2.14. The van der Waals surface area contributed by atoms with Gasteiger partial charge in [0.1, 0.15) is 5.71 Å². The summed E-state index contributed by atoms with van der Waals surface area (Å²) in [5, 5.41) is 6.82. The Morgan fingerprint density at radius 3 is 2.58 bits per heavy atom. The maximum absolute atomic E-state index is 11.8. The van der Waals surface area contributed by atoms with Crippen molar-refractivity contribution >= 4 is 35.3 Å². The number of carbonyl (C=O) groups is 4. The number of benzene rings is 1. The van der Waals surface area contributed by atoms with Crippen LogP contribution >= 0.6 is 0 Å². The van der Waals surface area contributed by atoms with E-state index in [-0.39, 0.29) is 24.6 Å². The fourth-order valence-corrected chi connectivity index (χ4v) is 1.91. The molecule has 9 nitrogen and oxygen atoms in total. The number of amides is 5. The van der Waals surface area contributed by atoms with Gasteiger partial charge in [0.25, 0.3) is 5.91 Å². The Bertz CT molecular complexity index is 696. The van der Waals surface area contributed by atoms with Gasteiger partial charge in [-0.05, 0) is 24.6 Å². The van der Waals surface area contributed by atoms with E-state index in [0.717, 1.165) is 5.56 Å². The number of anilines is 1. The maximum atomic E-state index is 11.8. The summed E-state index contributed by atoms with van der Waals surface area (Å²) < 4.78 is 4.85. The molecular formula is C15H16N4O5. The third-order valence-corrected chi connectivity index (χ3v) is 3.00. The lowest BCUT2D eigenvalue weighted by molar-refractivity contribution is -0.142. The molecule has 0 aliphatic carbocycles. The van der Waals surface area contributed by atoms with Crippen molar-refractivity contribution in [1.29, 1.82) is 0 Å². The molecule has 0 radical (unpaired) electrons. The summed E-state index contributed by atoms with van der Waals surface area (Å²) >= 11 is 0. The molecule has 1 heterocycles. The van der Waals surface area contributed by atoms with Crippen LogP contribution < -0.4 is 16.0 Å². The Kier molecular flexibility index (Phi) is 5.61. The Morgan fingerprint density at radius 2 is 1.96 bits per heavy atom. The lowest BCUT2D eigenvalue weighted by atomic mass is 10.1. The molecule has 126 valence electrons. The third-order valence-electron chi connectivity index (χ3n) is 3.00. The van der Waals surface area contributed by atoms with E-state index in [1.807, 2.05) is 5.32 Å². The second-order valence-electron chi connectivity index (χ2n) is 4.80. The smallest absolute Gasteiger partial charge is 0.345 e. The van der Waals surface area contributed by atoms with E-state index >= 15 is 0 Å². The topological polar surface area (TPSA) is 126 Å². The van der Waals surface area contributed by atoms with Crippen LogP contribution in [0.1, 0.15) is 12.5 Å². The van der Waals surface area contributed by atoms with Crippen LogP contribution in [0.3, 0.4) is 0 Å². The normalized spacial score (nSPS) is 15.5. The highest BCUT2D eigenvalue weighted by Gasteiger charge is 2.22. The molecule has 3 N–H and O–H groups in total. The second kappa shape index (κ2) is 7.86. The van der Waals surface area contributed by atoms with Gasteiger partial charge >= 0.3 is 18.0 Å². The molecule has 5 amide bonds. The van der Waals surface area contributed by atoms with Gasteiger partial charge in [-0.25, -0.2) is 9.59 Å². The Hall–Kier alpha value is -3.23. The van der Waals surface area contributed by atoms with Crippen LogP contribution in [0.15, 0.2) is 29.3 Å². The average Bonchev–Trinajstić information content (AvgIpc) is 2.52. The van der Waals surface area contributed by atoms with Crippen LogP contribution in [0.25, 0.3) is 0 Å². The number of aliphatic imine (C=N–C) groups is 1. The Balaban J connectivity index is 1.93. The number of urea groups is 2. The quantitative estimate of drug-likeness (QED) is 0.696. The first-order chi connectivity index (χ1) is 11.5. The van der Waals surface area contributed by atoms with E-state index in [1.54, 1.807) is 31.2 Å². The van der Waals surface area contributed by atoms with Crippen LogP contribution in [-0.2, 0) is 20.7 Å². The fraction of sp³-hybridized carbons (Fsp3) is 0.267. The number of nitrogens with one attached hydrogen (secondary N) is 3. The summed E-state index contributed by atoms with van der Waals surface area (Å²) in [6, 6.07) is 5.19. The molecule has 1 aliphatic rings. The van der Waals surface area contributed by atoms with E-state index in [0.29, 0.717) is 12.3 Å². The number of nitrogens with zero attached hydrogens (tertiary/aromatic N) is 1. The predicted octanol–water partition coefficient (Wildman–Crippen LogP) is 0.605. The molecule has 0 spiro atoms. The highest BCUT2D eigenvalue weighted by Crippen LogP contribution is 2.11. The van der Waals surface area contributed by atoms with Crippen molar-refractivity contribution in [2.75, 3.05) is 18.5 Å². The molecule has 0 bridgehead atoms. The number of imide groups is 1. The Morgan fingerprint density at radius 1 is 1.25 bits per heavy atom. The van der Waals surface area contributed by atoms with Gasteiger partial charge < -0.3 is 15.4 Å². The Labute approximate surface area is 137 Å².